The fourth-order valence-electron chi connectivity index (χ4n) is 2.93. The molecule has 28 heavy (non-hydrogen) atoms. The van der Waals surface area contributed by atoms with Gasteiger partial charge in [0, 0.05) is 37.1 Å². The van der Waals surface area contributed by atoms with E-state index in [1.165, 1.54) is 24.1 Å². The summed E-state index contributed by atoms with van der Waals surface area (Å²) in [5.41, 5.74) is -0.265. The van der Waals surface area contributed by atoms with E-state index in [0.29, 0.717) is 43.2 Å². The molecular weight excluding hydrogens is 395 g/mol. The van der Waals surface area contributed by atoms with Gasteiger partial charge in [0.25, 0.3) is 5.91 Å². The minimum absolute atomic E-state index is 0.184. The first-order valence-corrected chi connectivity index (χ1v) is 9.43. The van der Waals surface area contributed by atoms with E-state index in [9.17, 15) is 22.8 Å². The SMILES string of the molecule is COC(=O)N1CCCN(C(=O)c2csc(-c3cccc(C(F)(F)F)c3)n2)CC1. The highest BCUT2D eigenvalue weighted by atomic mass is 32.1. The Balaban J connectivity index is 1.73. The summed E-state index contributed by atoms with van der Waals surface area (Å²) in [7, 11) is 1.31. The molecule has 2 aromatic rings. The number of nitrogens with zero attached hydrogens (tertiary/aromatic N) is 3. The summed E-state index contributed by atoms with van der Waals surface area (Å²) < 4.78 is 43.4. The Labute approximate surface area is 163 Å². The molecule has 2 heterocycles. The van der Waals surface area contributed by atoms with Gasteiger partial charge in [0.15, 0.2) is 0 Å². The highest BCUT2D eigenvalue weighted by Crippen LogP contribution is 2.33. The molecule has 0 atom stereocenters. The first-order valence-electron chi connectivity index (χ1n) is 8.55. The zero-order valence-corrected chi connectivity index (χ0v) is 15.8. The smallest absolute Gasteiger partial charge is 0.416 e. The van der Waals surface area contributed by atoms with Gasteiger partial charge in [-0.25, -0.2) is 9.78 Å². The number of ether oxygens (including phenoxy) is 1. The zero-order chi connectivity index (χ0) is 20.3. The molecule has 0 radical (unpaired) electrons. The van der Waals surface area contributed by atoms with Gasteiger partial charge in [-0.3, -0.25) is 4.79 Å². The van der Waals surface area contributed by atoms with Crippen LogP contribution in [-0.2, 0) is 10.9 Å². The van der Waals surface area contributed by atoms with Gasteiger partial charge in [-0.15, -0.1) is 11.3 Å². The van der Waals surface area contributed by atoms with Crippen molar-refractivity contribution in [1.29, 1.82) is 0 Å². The first kappa shape index (κ1) is 20.1. The van der Waals surface area contributed by atoms with Crippen LogP contribution in [0.3, 0.4) is 0 Å². The van der Waals surface area contributed by atoms with Crippen molar-refractivity contribution in [3.8, 4) is 10.6 Å². The van der Waals surface area contributed by atoms with Crippen LogP contribution in [0.25, 0.3) is 10.6 Å². The third-order valence-corrected chi connectivity index (χ3v) is 5.27. The average Bonchev–Trinajstić information content (AvgIpc) is 3.04. The molecule has 150 valence electrons. The van der Waals surface area contributed by atoms with Crippen LogP contribution in [0.4, 0.5) is 18.0 Å². The summed E-state index contributed by atoms with van der Waals surface area (Å²) >= 11 is 1.12. The fraction of sp³-hybridized carbons (Fsp3) is 0.389. The van der Waals surface area contributed by atoms with E-state index in [0.717, 1.165) is 23.5 Å². The Morgan fingerprint density at radius 1 is 1.14 bits per heavy atom. The lowest BCUT2D eigenvalue weighted by atomic mass is 10.1. The number of halogens is 3. The van der Waals surface area contributed by atoms with Crippen molar-refractivity contribution < 1.29 is 27.5 Å². The summed E-state index contributed by atoms with van der Waals surface area (Å²) in [6.07, 6.45) is -4.27. The van der Waals surface area contributed by atoms with Gasteiger partial charge in [-0.2, -0.15) is 13.2 Å². The summed E-state index contributed by atoms with van der Waals surface area (Å²) in [5, 5.41) is 1.89. The average molecular weight is 413 g/mol. The molecule has 1 fully saturated rings. The van der Waals surface area contributed by atoms with Crippen LogP contribution in [0.15, 0.2) is 29.6 Å². The maximum absolute atomic E-state index is 12.9. The van der Waals surface area contributed by atoms with E-state index in [-0.39, 0.29) is 11.6 Å². The van der Waals surface area contributed by atoms with Crippen LogP contribution in [0.5, 0.6) is 0 Å². The van der Waals surface area contributed by atoms with Crippen molar-refractivity contribution in [1.82, 2.24) is 14.8 Å². The Morgan fingerprint density at radius 3 is 2.57 bits per heavy atom. The second kappa shape index (κ2) is 8.17. The van der Waals surface area contributed by atoms with Gasteiger partial charge in [-0.1, -0.05) is 12.1 Å². The molecule has 1 aromatic carbocycles. The van der Waals surface area contributed by atoms with Crippen LogP contribution in [0.1, 0.15) is 22.5 Å². The highest BCUT2D eigenvalue weighted by Gasteiger charge is 2.31. The van der Waals surface area contributed by atoms with Crippen molar-refractivity contribution in [2.24, 2.45) is 0 Å². The van der Waals surface area contributed by atoms with E-state index in [4.69, 9.17) is 4.74 Å². The maximum atomic E-state index is 12.9. The van der Waals surface area contributed by atoms with Crippen molar-refractivity contribution in [2.45, 2.75) is 12.6 Å². The highest BCUT2D eigenvalue weighted by molar-refractivity contribution is 7.13. The molecule has 1 aromatic heterocycles. The molecule has 0 unspecified atom stereocenters. The van der Waals surface area contributed by atoms with Gasteiger partial charge in [0.2, 0.25) is 0 Å². The van der Waals surface area contributed by atoms with Crippen molar-refractivity contribution in [3.63, 3.8) is 0 Å². The topological polar surface area (TPSA) is 62.7 Å². The van der Waals surface area contributed by atoms with E-state index in [1.807, 2.05) is 0 Å². The molecule has 2 amide bonds. The number of hydrogen-bond acceptors (Lipinski definition) is 5. The number of rotatable bonds is 2. The molecule has 6 nitrogen and oxygen atoms in total. The minimum atomic E-state index is -4.44. The van der Waals surface area contributed by atoms with Crippen LogP contribution in [-0.4, -0.2) is 60.1 Å². The van der Waals surface area contributed by atoms with Crippen molar-refractivity contribution in [2.75, 3.05) is 33.3 Å². The quantitative estimate of drug-likeness (QED) is 0.753. The normalized spacial score (nSPS) is 15.3. The molecule has 0 saturated carbocycles. The predicted molar refractivity (Wildman–Crippen MR) is 97.1 cm³/mol. The lowest BCUT2D eigenvalue weighted by molar-refractivity contribution is -0.137. The van der Waals surface area contributed by atoms with E-state index in [2.05, 4.69) is 4.98 Å². The summed E-state index contributed by atoms with van der Waals surface area (Å²) in [4.78, 5) is 31.7. The molecule has 1 aliphatic rings. The van der Waals surface area contributed by atoms with Crippen LogP contribution in [0, 0.1) is 0 Å². The second-order valence-electron chi connectivity index (χ2n) is 6.22. The third-order valence-electron chi connectivity index (χ3n) is 4.38. The number of methoxy groups -OCH3 is 1. The molecule has 0 bridgehead atoms. The largest absolute Gasteiger partial charge is 0.453 e. The van der Waals surface area contributed by atoms with Crippen LogP contribution < -0.4 is 0 Å². The number of amides is 2. The number of alkyl halides is 3. The number of hydrogen-bond donors (Lipinski definition) is 0. The van der Waals surface area contributed by atoms with Gasteiger partial charge >= 0.3 is 12.3 Å². The number of benzene rings is 1. The molecule has 0 aliphatic carbocycles. The van der Waals surface area contributed by atoms with E-state index < -0.39 is 17.8 Å². The van der Waals surface area contributed by atoms with Crippen LogP contribution in [0.2, 0.25) is 0 Å². The lowest BCUT2D eigenvalue weighted by Gasteiger charge is -2.20. The fourth-order valence-corrected chi connectivity index (χ4v) is 3.72. The Bertz CT molecular complexity index is 869. The predicted octanol–water partition coefficient (Wildman–Crippen LogP) is 3.74. The monoisotopic (exact) mass is 413 g/mol. The Hall–Kier alpha value is -2.62. The first-order chi connectivity index (χ1) is 13.3. The number of thiazole rings is 1. The molecule has 1 aliphatic heterocycles. The number of aromatic nitrogens is 1. The molecular formula is C18H18F3N3O3S. The standard InChI is InChI=1S/C18H18F3N3O3S/c1-27-17(26)24-7-3-6-23(8-9-24)16(25)14-11-28-15(22-14)12-4-2-5-13(10-12)18(19,20)21/h2,4-5,10-11H,3,6-9H2,1H3. The minimum Gasteiger partial charge on any atom is -0.453 e. The van der Waals surface area contributed by atoms with Gasteiger partial charge in [0.05, 0.1) is 12.7 Å². The number of carbonyl (C=O) groups is 2. The van der Waals surface area contributed by atoms with E-state index >= 15 is 0 Å². The van der Waals surface area contributed by atoms with Gasteiger partial charge in [-0.05, 0) is 18.6 Å². The van der Waals surface area contributed by atoms with Crippen molar-refractivity contribution in [3.05, 3.63) is 40.9 Å². The molecule has 0 spiro atoms. The summed E-state index contributed by atoms with van der Waals surface area (Å²) in [6, 6.07) is 4.86. The molecule has 10 heteroatoms. The van der Waals surface area contributed by atoms with Crippen molar-refractivity contribution >= 4 is 23.3 Å². The second-order valence-corrected chi connectivity index (χ2v) is 7.08. The Kier molecular flexibility index (Phi) is 5.87. The molecule has 1 saturated heterocycles. The molecule has 3 rings (SSSR count). The maximum Gasteiger partial charge on any atom is 0.416 e. The third kappa shape index (κ3) is 4.44. The Morgan fingerprint density at radius 2 is 1.86 bits per heavy atom. The van der Waals surface area contributed by atoms with E-state index in [1.54, 1.807) is 10.3 Å². The number of carbonyl (C=O) groups excluding carboxylic acids is 2. The molecule has 0 N–H and O–H groups in total. The van der Waals surface area contributed by atoms with Crippen LogP contribution >= 0.6 is 11.3 Å². The summed E-state index contributed by atoms with van der Waals surface area (Å²) in [5.74, 6) is -0.304. The zero-order valence-electron chi connectivity index (χ0n) is 15.0. The van der Waals surface area contributed by atoms with Gasteiger partial charge < -0.3 is 14.5 Å². The lowest BCUT2D eigenvalue weighted by Crippen LogP contribution is -2.37. The van der Waals surface area contributed by atoms with Gasteiger partial charge in [0.1, 0.15) is 10.7 Å². The summed E-state index contributed by atoms with van der Waals surface area (Å²) in [6.45, 7) is 1.64.